The lowest BCUT2D eigenvalue weighted by atomic mass is 9.73. The first-order valence-corrected chi connectivity index (χ1v) is 7.65. The first-order valence-electron chi connectivity index (χ1n) is 7.65. The summed E-state index contributed by atoms with van der Waals surface area (Å²) in [5.74, 6) is 6.76. The van der Waals surface area contributed by atoms with Gasteiger partial charge in [0.25, 0.3) is 0 Å². The van der Waals surface area contributed by atoms with Crippen molar-refractivity contribution in [3.63, 3.8) is 0 Å². The highest BCUT2D eigenvalue weighted by Gasteiger charge is 2.40. The maximum atomic E-state index is 11.8. The number of rotatable bonds is 2. The normalized spacial score (nSPS) is 28.3. The molecule has 3 heteroatoms. The molecule has 2 aliphatic rings. The highest BCUT2D eigenvalue weighted by Crippen LogP contribution is 2.38. The molecule has 0 unspecified atom stereocenters. The largest absolute Gasteiger partial charge is 0.342 e. The van der Waals surface area contributed by atoms with E-state index in [1.165, 1.54) is 19.4 Å². The minimum Gasteiger partial charge on any atom is -0.342 e. The van der Waals surface area contributed by atoms with Crippen LogP contribution in [0.25, 0.3) is 0 Å². The molecule has 2 rings (SSSR count). The van der Waals surface area contributed by atoms with Crippen LogP contribution in [-0.4, -0.2) is 48.4 Å². The zero-order valence-electron chi connectivity index (χ0n) is 12.4. The molecule has 2 fully saturated rings. The molecule has 0 aromatic rings. The zero-order valence-corrected chi connectivity index (χ0v) is 12.4. The Labute approximate surface area is 117 Å². The van der Waals surface area contributed by atoms with E-state index in [9.17, 15) is 4.79 Å². The summed E-state index contributed by atoms with van der Waals surface area (Å²) in [6.45, 7) is 9.18. The van der Waals surface area contributed by atoms with E-state index in [1.54, 1.807) is 0 Å². The molecule has 0 aromatic heterocycles. The summed E-state index contributed by atoms with van der Waals surface area (Å²) in [7, 11) is 0. The Kier molecular flexibility index (Phi) is 4.87. The Bertz CT molecular complexity index is 382. The molecule has 2 heterocycles. The molecule has 0 aliphatic carbocycles. The number of hydrogen-bond acceptors (Lipinski definition) is 2. The fourth-order valence-electron chi connectivity index (χ4n) is 3.46. The van der Waals surface area contributed by atoms with Gasteiger partial charge in [0.05, 0.1) is 6.54 Å². The SMILES string of the molecule is CCC#CCN1CCC[C@]2(CCC(=O)N(CC)C2)C1. The average Bonchev–Trinajstić information content (AvgIpc) is 2.43. The van der Waals surface area contributed by atoms with Crippen molar-refractivity contribution in [2.75, 3.05) is 32.7 Å². The van der Waals surface area contributed by atoms with E-state index in [0.717, 1.165) is 45.4 Å². The minimum atomic E-state index is 0.343. The van der Waals surface area contributed by atoms with E-state index in [4.69, 9.17) is 0 Å². The second-order valence-corrected chi connectivity index (χ2v) is 5.93. The quantitative estimate of drug-likeness (QED) is 0.712. The molecule has 106 valence electrons. The van der Waals surface area contributed by atoms with Crippen LogP contribution >= 0.6 is 0 Å². The molecule has 1 atom stereocenters. The first kappa shape index (κ1) is 14.4. The third kappa shape index (κ3) is 3.51. The molecule has 0 bridgehead atoms. The maximum Gasteiger partial charge on any atom is 0.222 e. The third-order valence-electron chi connectivity index (χ3n) is 4.47. The molecule has 19 heavy (non-hydrogen) atoms. The predicted octanol–water partition coefficient (Wildman–Crippen LogP) is 2.12. The van der Waals surface area contributed by atoms with Crippen molar-refractivity contribution in [2.24, 2.45) is 5.41 Å². The number of likely N-dealkylation sites (tertiary alicyclic amines) is 2. The Morgan fingerprint density at radius 3 is 2.79 bits per heavy atom. The average molecular weight is 262 g/mol. The molecule has 1 amide bonds. The van der Waals surface area contributed by atoms with E-state index in [1.807, 2.05) is 4.90 Å². The summed E-state index contributed by atoms with van der Waals surface area (Å²) >= 11 is 0. The van der Waals surface area contributed by atoms with Crippen LogP contribution < -0.4 is 0 Å². The molecule has 2 saturated heterocycles. The van der Waals surface area contributed by atoms with Crippen LogP contribution in [0.3, 0.4) is 0 Å². The monoisotopic (exact) mass is 262 g/mol. The number of piperidine rings is 2. The topological polar surface area (TPSA) is 23.6 Å². The zero-order chi connectivity index (χ0) is 13.7. The second-order valence-electron chi connectivity index (χ2n) is 5.93. The van der Waals surface area contributed by atoms with E-state index < -0.39 is 0 Å². The summed E-state index contributed by atoms with van der Waals surface area (Å²) in [6, 6.07) is 0. The van der Waals surface area contributed by atoms with Crippen LogP contribution in [0.4, 0.5) is 0 Å². The Morgan fingerprint density at radius 2 is 2.05 bits per heavy atom. The minimum absolute atomic E-state index is 0.343. The van der Waals surface area contributed by atoms with Gasteiger partial charge in [-0.3, -0.25) is 9.69 Å². The number of amides is 1. The van der Waals surface area contributed by atoms with E-state index >= 15 is 0 Å². The van der Waals surface area contributed by atoms with Crippen molar-refractivity contribution in [3.05, 3.63) is 0 Å². The fourth-order valence-corrected chi connectivity index (χ4v) is 3.46. The van der Waals surface area contributed by atoms with Crippen molar-refractivity contribution < 1.29 is 4.79 Å². The highest BCUT2D eigenvalue weighted by atomic mass is 16.2. The summed E-state index contributed by atoms with van der Waals surface area (Å²) in [6.07, 6.45) is 5.27. The molecule has 0 radical (unpaired) electrons. The van der Waals surface area contributed by atoms with Crippen molar-refractivity contribution in [1.29, 1.82) is 0 Å². The Morgan fingerprint density at radius 1 is 1.21 bits per heavy atom. The van der Waals surface area contributed by atoms with Crippen molar-refractivity contribution in [2.45, 2.75) is 46.0 Å². The van der Waals surface area contributed by atoms with Crippen LogP contribution in [-0.2, 0) is 4.79 Å². The van der Waals surface area contributed by atoms with Crippen molar-refractivity contribution in [3.8, 4) is 11.8 Å². The van der Waals surface area contributed by atoms with Gasteiger partial charge in [0.15, 0.2) is 0 Å². The van der Waals surface area contributed by atoms with Crippen LogP contribution in [0.2, 0.25) is 0 Å². The predicted molar refractivity (Wildman–Crippen MR) is 77.7 cm³/mol. The molecule has 3 nitrogen and oxygen atoms in total. The smallest absolute Gasteiger partial charge is 0.222 e. The van der Waals surface area contributed by atoms with Crippen molar-refractivity contribution >= 4 is 5.91 Å². The Balaban J connectivity index is 1.97. The molecule has 0 N–H and O–H groups in total. The first-order chi connectivity index (χ1) is 9.19. The maximum absolute atomic E-state index is 11.8. The Hall–Kier alpha value is -1.01. The summed E-state index contributed by atoms with van der Waals surface area (Å²) in [5, 5.41) is 0. The fraction of sp³-hybridized carbons (Fsp3) is 0.812. The number of carbonyl (C=O) groups is 1. The van der Waals surface area contributed by atoms with Gasteiger partial charge in [-0.15, -0.1) is 5.92 Å². The molecule has 1 spiro atoms. The summed E-state index contributed by atoms with van der Waals surface area (Å²) < 4.78 is 0. The summed E-state index contributed by atoms with van der Waals surface area (Å²) in [5.41, 5.74) is 0.343. The van der Waals surface area contributed by atoms with Gasteiger partial charge in [0.1, 0.15) is 0 Å². The lowest BCUT2D eigenvalue weighted by Gasteiger charge is -2.47. The molecule has 0 saturated carbocycles. The van der Waals surface area contributed by atoms with Gasteiger partial charge in [-0.05, 0) is 32.7 Å². The lowest BCUT2D eigenvalue weighted by molar-refractivity contribution is -0.138. The van der Waals surface area contributed by atoms with Gasteiger partial charge in [-0.2, -0.15) is 0 Å². The molecular formula is C16H26N2O. The standard InChI is InChI=1S/C16H26N2O/c1-3-5-6-11-17-12-7-9-16(13-17)10-8-15(19)18(4-2)14-16/h3-4,7-14H2,1-2H3/t16-/m0/s1. The third-order valence-corrected chi connectivity index (χ3v) is 4.47. The lowest BCUT2D eigenvalue weighted by Crippen LogP contribution is -2.53. The molecule has 2 aliphatic heterocycles. The van der Waals surface area contributed by atoms with Gasteiger partial charge in [0, 0.05) is 37.9 Å². The number of carbonyl (C=O) groups excluding carboxylic acids is 1. The molecule has 0 aromatic carbocycles. The number of nitrogens with zero attached hydrogens (tertiary/aromatic N) is 2. The van der Waals surface area contributed by atoms with Crippen LogP contribution in [0, 0.1) is 17.3 Å². The molecular weight excluding hydrogens is 236 g/mol. The van der Waals surface area contributed by atoms with Crippen LogP contribution in [0.5, 0.6) is 0 Å². The number of hydrogen-bond donors (Lipinski definition) is 0. The van der Waals surface area contributed by atoms with Gasteiger partial charge in [-0.1, -0.05) is 12.8 Å². The van der Waals surface area contributed by atoms with Crippen molar-refractivity contribution in [1.82, 2.24) is 9.80 Å². The van der Waals surface area contributed by atoms with Gasteiger partial charge < -0.3 is 4.90 Å². The highest BCUT2D eigenvalue weighted by molar-refractivity contribution is 5.77. The van der Waals surface area contributed by atoms with E-state index in [2.05, 4.69) is 30.6 Å². The van der Waals surface area contributed by atoms with Gasteiger partial charge >= 0.3 is 0 Å². The van der Waals surface area contributed by atoms with Crippen LogP contribution in [0.15, 0.2) is 0 Å². The summed E-state index contributed by atoms with van der Waals surface area (Å²) in [4.78, 5) is 16.4. The van der Waals surface area contributed by atoms with E-state index in [0.29, 0.717) is 11.3 Å². The second kappa shape index (κ2) is 6.43. The van der Waals surface area contributed by atoms with Gasteiger partial charge in [0.2, 0.25) is 5.91 Å². The van der Waals surface area contributed by atoms with Crippen LogP contribution in [0.1, 0.15) is 46.0 Å². The van der Waals surface area contributed by atoms with E-state index in [-0.39, 0.29) is 0 Å². The van der Waals surface area contributed by atoms with Gasteiger partial charge in [-0.25, -0.2) is 0 Å².